The van der Waals surface area contributed by atoms with Crippen LogP contribution in [-0.2, 0) is 16.1 Å². The Morgan fingerprint density at radius 1 is 1.08 bits per heavy atom. The third-order valence-electron chi connectivity index (χ3n) is 6.11. The van der Waals surface area contributed by atoms with Crippen molar-refractivity contribution in [1.29, 1.82) is 0 Å². The highest BCUT2D eigenvalue weighted by atomic mass is 32.2. The van der Waals surface area contributed by atoms with E-state index in [0.29, 0.717) is 22.7 Å². The van der Waals surface area contributed by atoms with Crippen LogP contribution in [-0.4, -0.2) is 40.6 Å². The maximum Gasteiger partial charge on any atom is 0.293 e. The second-order valence-corrected chi connectivity index (χ2v) is 9.64. The number of anilines is 1. The predicted octanol–water partition coefficient (Wildman–Crippen LogP) is 5.47. The quantitative estimate of drug-likeness (QED) is 0.212. The summed E-state index contributed by atoms with van der Waals surface area (Å²) in [5.74, 6) is -0.217. The van der Waals surface area contributed by atoms with Crippen molar-refractivity contribution in [2.24, 2.45) is 0 Å². The first-order valence-electron chi connectivity index (χ1n) is 11.8. The Morgan fingerprint density at radius 2 is 1.85 bits per heavy atom. The van der Waals surface area contributed by atoms with Crippen LogP contribution in [0.1, 0.15) is 22.3 Å². The number of nitrogens with one attached hydrogen (secondary N) is 1. The molecule has 1 saturated heterocycles. The van der Waals surface area contributed by atoms with E-state index in [1.54, 1.807) is 24.3 Å². The Hall–Kier alpha value is -4.64. The van der Waals surface area contributed by atoms with E-state index in [1.807, 2.05) is 32.0 Å². The minimum Gasteiger partial charge on any atom is -0.493 e. The van der Waals surface area contributed by atoms with E-state index in [9.17, 15) is 24.5 Å². The fourth-order valence-electron chi connectivity index (χ4n) is 3.89. The van der Waals surface area contributed by atoms with Crippen LogP contribution in [0.15, 0.2) is 65.6 Å². The molecule has 0 atom stereocenters. The van der Waals surface area contributed by atoms with Crippen LogP contribution >= 0.6 is 11.8 Å². The number of hydrogen-bond donors (Lipinski definition) is 1. The summed E-state index contributed by atoms with van der Waals surface area (Å²) in [6, 6.07) is 16.5. The van der Waals surface area contributed by atoms with Crippen LogP contribution in [0.2, 0.25) is 0 Å². The van der Waals surface area contributed by atoms with E-state index in [4.69, 9.17) is 9.47 Å². The smallest absolute Gasteiger partial charge is 0.293 e. The maximum atomic E-state index is 12.9. The molecule has 0 aliphatic carbocycles. The summed E-state index contributed by atoms with van der Waals surface area (Å²) in [5.41, 5.74) is 3.40. The van der Waals surface area contributed by atoms with Crippen LogP contribution < -0.4 is 14.8 Å². The van der Waals surface area contributed by atoms with Gasteiger partial charge in [-0.1, -0.05) is 36.4 Å². The average molecular weight is 548 g/mol. The zero-order chi connectivity index (χ0) is 28.1. The van der Waals surface area contributed by atoms with Crippen molar-refractivity contribution in [1.82, 2.24) is 4.90 Å². The number of carbonyl (C=O) groups is 3. The number of methoxy groups -OCH3 is 1. The molecular weight excluding hydrogens is 522 g/mol. The molecule has 1 N–H and O–H groups in total. The molecule has 11 heteroatoms. The lowest BCUT2D eigenvalue weighted by Gasteiger charge is -2.13. The van der Waals surface area contributed by atoms with Gasteiger partial charge in [0.25, 0.3) is 22.7 Å². The highest BCUT2D eigenvalue weighted by Crippen LogP contribution is 2.36. The molecule has 0 unspecified atom stereocenters. The van der Waals surface area contributed by atoms with Crippen LogP contribution in [0.25, 0.3) is 6.08 Å². The number of nitro groups is 1. The Bertz CT molecular complexity index is 1500. The molecule has 10 nitrogen and oxygen atoms in total. The van der Waals surface area contributed by atoms with Crippen molar-refractivity contribution in [2.75, 3.05) is 19.0 Å². The molecule has 3 aromatic carbocycles. The van der Waals surface area contributed by atoms with Gasteiger partial charge < -0.3 is 14.8 Å². The number of thioether (sulfide) groups is 1. The van der Waals surface area contributed by atoms with Gasteiger partial charge in [-0.25, -0.2) is 0 Å². The topological polar surface area (TPSA) is 128 Å². The molecule has 1 aliphatic rings. The summed E-state index contributed by atoms with van der Waals surface area (Å²) in [6.45, 7) is 3.43. The number of nitro benzene ring substituents is 1. The standard InChI is InChI=1S/C28H25N3O7S/c1-17-7-6-9-21(18(17)2)29-26(32)16-38-23-12-11-19(13-24(23)37-3)14-25-27(33)30(28(34)39-25)15-20-8-4-5-10-22(20)31(35)36/h4-14H,15-16H2,1-3H3,(H,29,32)/b25-14-. The first-order chi connectivity index (χ1) is 18.7. The van der Waals surface area contributed by atoms with E-state index < -0.39 is 16.1 Å². The van der Waals surface area contributed by atoms with Crippen molar-refractivity contribution >= 4 is 46.3 Å². The summed E-state index contributed by atoms with van der Waals surface area (Å²) >= 11 is 0.749. The van der Waals surface area contributed by atoms with Gasteiger partial charge >= 0.3 is 0 Å². The number of nitrogens with zero attached hydrogens (tertiary/aromatic N) is 2. The summed E-state index contributed by atoms with van der Waals surface area (Å²) in [7, 11) is 1.45. The van der Waals surface area contributed by atoms with Gasteiger partial charge in [-0.2, -0.15) is 0 Å². The highest BCUT2D eigenvalue weighted by molar-refractivity contribution is 8.18. The second-order valence-electron chi connectivity index (χ2n) is 8.65. The van der Waals surface area contributed by atoms with E-state index in [0.717, 1.165) is 27.8 Å². The minimum atomic E-state index is -0.550. The molecule has 1 aliphatic heterocycles. The van der Waals surface area contributed by atoms with Gasteiger partial charge in [0.15, 0.2) is 18.1 Å². The molecule has 3 aromatic rings. The fourth-order valence-corrected chi connectivity index (χ4v) is 4.73. The number of para-hydroxylation sites is 1. The zero-order valence-corrected chi connectivity index (χ0v) is 22.2. The van der Waals surface area contributed by atoms with Crippen molar-refractivity contribution in [3.63, 3.8) is 0 Å². The largest absolute Gasteiger partial charge is 0.493 e. The van der Waals surface area contributed by atoms with Crippen molar-refractivity contribution in [2.45, 2.75) is 20.4 Å². The number of ether oxygens (including phenoxy) is 2. The molecule has 0 saturated carbocycles. The maximum absolute atomic E-state index is 12.9. The van der Waals surface area contributed by atoms with Gasteiger partial charge in [0, 0.05) is 17.3 Å². The summed E-state index contributed by atoms with van der Waals surface area (Å²) in [6.07, 6.45) is 1.53. The average Bonchev–Trinajstić information content (AvgIpc) is 3.17. The molecular formula is C28H25N3O7S. The molecule has 1 heterocycles. The van der Waals surface area contributed by atoms with Gasteiger partial charge in [0.05, 0.1) is 23.5 Å². The lowest BCUT2D eigenvalue weighted by Crippen LogP contribution is -2.27. The summed E-state index contributed by atoms with van der Waals surface area (Å²) in [5, 5.41) is 13.6. The molecule has 0 radical (unpaired) electrons. The van der Waals surface area contributed by atoms with Crippen LogP contribution in [0.5, 0.6) is 11.5 Å². The van der Waals surface area contributed by atoms with E-state index in [1.165, 1.54) is 31.4 Å². The van der Waals surface area contributed by atoms with Crippen molar-refractivity contribution in [3.05, 3.63) is 97.9 Å². The number of aryl methyl sites for hydroxylation is 1. The SMILES string of the molecule is COc1cc(/C=C2\SC(=O)N(Cc3ccccc3[N+](=O)[O-])C2=O)ccc1OCC(=O)Nc1cccc(C)c1C. The number of imide groups is 1. The van der Waals surface area contributed by atoms with Gasteiger partial charge in [0.2, 0.25) is 0 Å². The third kappa shape index (κ3) is 6.27. The van der Waals surface area contributed by atoms with Gasteiger partial charge in [-0.05, 0) is 66.6 Å². The Morgan fingerprint density at radius 3 is 2.59 bits per heavy atom. The fraction of sp³-hybridized carbons (Fsp3) is 0.179. The van der Waals surface area contributed by atoms with Gasteiger partial charge in [0.1, 0.15) is 0 Å². The Kier molecular flexibility index (Phi) is 8.30. The van der Waals surface area contributed by atoms with Crippen molar-refractivity contribution in [3.8, 4) is 11.5 Å². The molecule has 4 rings (SSSR count). The molecule has 3 amide bonds. The summed E-state index contributed by atoms with van der Waals surface area (Å²) < 4.78 is 11.1. The first kappa shape index (κ1) is 27.4. The number of amides is 3. The number of benzene rings is 3. The van der Waals surface area contributed by atoms with E-state index >= 15 is 0 Å². The highest BCUT2D eigenvalue weighted by Gasteiger charge is 2.36. The third-order valence-corrected chi connectivity index (χ3v) is 7.02. The Labute approximate surface area is 228 Å². The molecule has 39 heavy (non-hydrogen) atoms. The normalized spacial score (nSPS) is 14.0. The second kappa shape index (κ2) is 11.8. The van der Waals surface area contributed by atoms with Crippen LogP contribution in [0.3, 0.4) is 0 Å². The molecule has 1 fully saturated rings. The number of carbonyl (C=O) groups excluding carboxylic acids is 3. The van der Waals surface area contributed by atoms with Gasteiger partial charge in [-0.3, -0.25) is 29.4 Å². The van der Waals surface area contributed by atoms with E-state index in [2.05, 4.69) is 5.32 Å². The molecule has 0 aromatic heterocycles. The zero-order valence-electron chi connectivity index (χ0n) is 21.4. The number of hydrogen-bond acceptors (Lipinski definition) is 8. The van der Waals surface area contributed by atoms with E-state index in [-0.39, 0.29) is 35.2 Å². The van der Waals surface area contributed by atoms with Crippen LogP contribution in [0, 0.1) is 24.0 Å². The summed E-state index contributed by atoms with van der Waals surface area (Å²) in [4.78, 5) is 49.8. The van der Waals surface area contributed by atoms with Crippen molar-refractivity contribution < 1.29 is 28.8 Å². The minimum absolute atomic E-state index is 0.163. The Balaban J connectivity index is 1.44. The molecule has 0 bridgehead atoms. The monoisotopic (exact) mass is 547 g/mol. The molecule has 0 spiro atoms. The lowest BCUT2D eigenvalue weighted by molar-refractivity contribution is -0.385. The lowest BCUT2D eigenvalue weighted by atomic mass is 10.1. The first-order valence-corrected chi connectivity index (χ1v) is 12.6. The van der Waals surface area contributed by atoms with Gasteiger partial charge in [-0.15, -0.1) is 0 Å². The van der Waals surface area contributed by atoms with Crippen LogP contribution in [0.4, 0.5) is 16.2 Å². The molecule has 200 valence electrons. The predicted molar refractivity (Wildman–Crippen MR) is 148 cm³/mol. The number of rotatable bonds is 9.